The molecule has 0 amide bonds. The molecule has 0 aromatic heterocycles. The maximum Gasteiger partial charge on any atom is 0.145 e. The first-order chi connectivity index (χ1) is 6.11. The van der Waals surface area contributed by atoms with Crippen molar-refractivity contribution in [2.24, 2.45) is 5.73 Å². The lowest BCUT2D eigenvalue weighted by Crippen LogP contribution is -2.01. The minimum absolute atomic E-state index is 0.0516. The average Bonchev–Trinajstić information content (AvgIpc) is 2.13. The molecular formula is C9H12ClNO2. The van der Waals surface area contributed by atoms with Gasteiger partial charge in [0.15, 0.2) is 0 Å². The zero-order chi connectivity index (χ0) is 10.0. The Morgan fingerprint density at radius 2 is 2.23 bits per heavy atom. The Balaban J connectivity index is 3.39. The summed E-state index contributed by atoms with van der Waals surface area (Å²) in [5.74, 6) is 0.503. The molecule has 0 unspecified atom stereocenters. The van der Waals surface area contributed by atoms with Crippen LogP contribution < -0.4 is 10.5 Å². The molecule has 0 bridgehead atoms. The molecule has 0 aliphatic carbocycles. The van der Waals surface area contributed by atoms with Crippen LogP contribution in [0.1, 0.15) is 11.1 Å². The number of benzene rings is 1. The first kappa shape index (κ1) is 10.2. The van der Waals surface area contributed by atoms with E-state index in [1.165, 1.54) is 7.11 Å². The van der Waals surface area contributed by atoms with Crippen LogP contribution in [0.5, 0.6) is 11.5 Å². The minimum Gasteiger partial charge on any atom is -0.506 e. The quantitative estimate of drug-likeness (QED) is 0.768. The second-order valence-electron chi connectivity index (χ2n) is 2.75. The Hall–Kier alpha value is -0.930. The first-order valence-corrected chi connectivity index (χ1v) is 4.24. The van der Waals surface area contributed by atoms with Crippen LogP contribution in [0, 0.1) is 6.92 Å². The van der Waals surface area contributed by atoms with Gasteiger partial charge in [0.1, 0.15) is 16.5 Å². The minimum atomic E-state index is 0.0516. The fraction of sp³-hybridized carbons (Fsp3) is 0.333. The van der Waals surface area contributed by atoms with Crippen molar-refractivity contribution in [3.8, 4) is 11.5 Å². The van der Waals surface area contributed by atoms with E-state index in [-0.39, 0.29) is 10.8 Å². The maximum atomic E-state index is 9.49. The molecule has 0 atom stereocenters. The lowest BCUT2D eigenvalue weighted by molar-refractivity contribution is 0.402. The number of phenols is 1. The second kappa shape index (κ2) is 3.85. The molecule has 0 aliphatic heterocycles. The van der Waals surface area contributed by atoms with Gasteiger partial charge in [0.2, 0.25) is 0 Å². The molecule has 13 heavy (non-hydrogen) atoms. The Labute approximate surface area is 82.1 Å². The van der Waals surface area contributed by atoms with Gasteiger partial charge in [0, 0.05) is 12.1 Å². The number of aryl methyl sites for hydroxylation is 1. The van der Waals surface area contributed by atoms with Crippen LogP contribution in [0.15, 0.2) is 6.07 Å². The van der Waals surface area contributed by atoms with Crippen molar-refractivity contribution in [3.05, 3.63) is 22.2 Å². The summed E-state index contributed by atoms with van der Waals surface area (Å²) in [5.41, 5.74) is 6.99. The topological polar surface area (TPSA) is 55.5 Å². The van der Waals surface area contributed by atoms with E-state index >= 15 is 0 Å². The zero-order valence-corrected chi connectivity index (χ0v) is 8.35. The third kappa shape index (κ3) is 1.71. The average molecular weight is 202 g/mol. The fourth-order valence-electron chi connectivity index (χ4n) is 1.19. The molecule has 72 valence electrons. The molecule has 3 N–H and O–H groups in total. The zero-order valence-electron chi connectivity index (χ0n) is 7.60. The van der Waals surface area contributed by atoms with Gasteiger partial charge in [-0.05, 0) is 18.6 Å². The summed E-state index contributed by atoms with van der Waals surface area (Å²) in [4.78, 5) is 0. The van der Waals surface area contributed by atoms with Crippen LogP contribution in [-0.2, 0) is 6.54 Å². The van der Waals surface area contributed by atoms with E-state index in [1.807, 2.05) is 0 Å². The van der Waals surface area contributed by atoms with Crippen LogP contribution in [0.2, 0.25) is 5.02 Å². The molecule has 0 fully saturated rings. The molecule has 3 nitrogen and oxygen atoms in total. The highest BCUT2D eigenvalue weighted by molar-refractivity contribution is 6.33. The standard InChI is InChI=1S/C9H12ClNO2/c1-5-3-6(4-11)9(13-2)7(10)8(5)12/h3,12H,4,11H2,1-2H3. The van der Waals surface area contributed by atoms with Crippen molar-refractivity contribution in [2.75, 3.05) is 7.11 Å². The Bertz CT molecular complexity index is 326. The van der Waals surface area contributed by atoms with Gasteiger partial charge < -0.3 is 15.6 Å². The SMILES string of the molecule is COc1c(CN)cc(C)c(O)c1Cl. The van der Waals surface area contributed by atoms with Gasteiger partial charge in [-0.3, -0.25) is 0 Å². The van der Waals surface area contributed by atoms with Crippen molar-refractivity contribution in [2.45, 2.75) is 13.5 Å². The molecule has 1 aromatic rings. The van der Waals surface area contributed by atoms with Gasteiger partial charge in [0.05, 0.1) is 7.11 Å². The molecular weight excluding hydrogens is 190 g/mol. The van der Waals surface area contributed by atoms with E-state index in [0.717, 1.165) is 5.56 Å². The number of hydrogen-bond donors (Lipinski definition) is 2. The summed E-state index contributed by atoms with van der Waals surface area (Å²) in [7, 11) is 1.50. The van der Waals surface area contributed by atoms with Crippen molar-refractivity contribution in [1.82, 2.24) is 0 Å². The van der Waals surface area contributed by atoms with Gasteiger partial charge in [-0.25, -0.2) is 0 Å². The van der Waals surface area contributed by atoms with E-state index in [1.54, 1.807) is 13.0 Å². The van der Waals surface area contributed by atoms with Crippen LogP contribution >= 0.6 is 11.6 Å². The van der Waals surface area contributed by atoms with Crippen molar-refractivity contribution < 1.29 is 9.84 Å². The number of methoxy groups -OCH3 is 1. The van der Waals surface area contributed by atoms with Crippen LogP contribution in [0.4, 0.5) is 0 Å². The van der Waals surface area contributed by atoms with Crippen LogP contribution in [-0.4, -0.2) is 12.2 Å². The highest BCUT2D eigenvalue weighted by Crippen LogP contribution is 2.38. The lowest BCUT2D eigenvalue weighted by Gasteiger charge is -2.11. The molecule has 0 spiro atoms. The molecule has 0 aliphatic rings. The Morgan fingerprint density at radius 1 is 1.62 bits per heavy atom. The largest absolute Gasteiger partial charge is 0.506 e. The second-order valence-corrected chi connectivity index (χ2v) is 3.13. The van der Waals surface area contributed by atoms with Gasteiger partial charge in [-0.15, -0.1) is 0 Å². The van der Waals surface area contributed by atoms with Crippen molar-refractivity contribution in [3.63, 3.8) is 0 Å². The number of nitrogens with two attached hydrogens (primary N) is 1. The highest BCUT2D eigenvalue weighted by Gasteiger charge is 2.13. The first-order valence-electron chi connectivity index (χ1n) is 3.86. The number of ether oxygens (including phenoxy) is 1. The molecule has 0 saturated heterocycles. The van der Waals surface area contributed by atoms with Crippen LogP contribution in [0.3, 0.4) is 0 Å². The van der Waals surface area contributed by atoms with E-state index < -0.39 is 0 Å². The Kier molecular flexibility index (Phi) is 3.01. The highest BCUT2D eigenvalue weighted by atomic mass is 35.5. The molecule has 1 aromatic carbocycles. The van der Waals surface area contributed by atoms with Crippen molar-refractivity contribution >= 4 is 11.6 Å². The van der Waals surface area contributed by atoms with Gasteiger partial charge in [-0.1, -0.05) is 11.6 Å². The van der Waals surface area contributed by atoms with E-state index in [0.29, 0.717) is 17.9 Å². The summed E-state index contributed by atoms with van der Waals surface area (Å²) in [6, 6.07) is 1.76. The molecule has 4 heteroatoms. The number of phenolic OH excluding ortho intramolecular Hbond substituents is 1. The summed E-state index contributed by atoms with van der Waals surface area (Å²) in [5, 5.41) is 9.71. The fourth-order valence-corrected chi connectivity index (χ4v) is 1.54. The summed E-state index contributed by atoms with van der Waals surface area (Å²) >= 11 is 5.85. The number of hydrogen-bond acceptors (Lipinski definition) is 3. The van der Waals surface area contributed by atoms with Gasteiger partial charge in [-0.2, -0.15) is 0 Å². The number of rotatable bonds is 2. The summed E-state index contributed by atoms with van der Waals surface area (Å²) in [6.07, 6.45) is 0. The predicted octanol–water partition coefficient (Wildman–Crippen LogP) is 1.82. The normalized spacial score (nSPS) is 10.2. The number of aromatic hydroxyl groups is 1. The van der Waals surface area contributed by atoms with Crippen molar-refractivity contribution in [1.29, 1.82) is 0 Å². The summed E-state index contributed by atoms with van der Waals surface area (Å²) < 4.78 is 5.03. The third-order valence-corrected chi connectivity index (χ3v) is 2.24. The molecule has 0 heterocycles. The molecule has 0 saturated carbocycles. The van der Waals surface area contributed by atoms with Gasteiger partial charge >= 0.3 is 0 Å². The third-order valence-electron chi connectivity index (χ3n) is 1.89. The number of halogens is 1. The summed E-state index contributed by atoms with van der Waals surface area (Å²) in [6.45, 7) is 2.10. The van der Waals surface area contributed by atoms with E-state index in [9.17, 15) is 5.11 Å². The Morgan fingerprint density at radius 3 is 2.69 bits per heavy atom. The van der Waals surface area contributed by atoms with E-state index in [4.69, 9.17) is 22.1 Å². The predicted molar refractivity (Wildman–Crippen MR) is 52.3 cm³/mol. The van der Waals surface area contributed by atoms with Gasteiger partial charge in [0.25, 0.3) is 0 Å². The smallest absolute Gasteiger partial charge is 0.145 e. The maximum absolute atomic E-state index is 9.49. The molecule has 1 rings (SSSR count). The van der Waals surface area contributed by atoms with E-state index in [2.05, 4.69) is 0 Å². The van der Waals surface area contributed by atoms with Crippen LogP contribution in [0.25, 0.3) is 0 Å². The monoisotopic (exact) mass is 201 g/mol. The molecule has 0 radical (unpaired) electrons. The lowest BCUT2D eigenvalue weighted by atomic mass is 10.1.